The molecule has 2 aromatic carbocycles. The van der Waals surface area contributed by atoms with Crippen molar-refractivity contribution < 1.29 is 14.7 Å². The Morgan fingerprint density at radius 1 is 1.16 bits per heavy atom. The molecule has 1 fully saturated rings. The molecule has 25 heavy (non-hydrogen) atoms. The van der Waals surface area contributed by atoms with Crippen molar-refractivity contribution in [3.05, 3.63) is 69.6 Å². The minimum Gasteiger partial charge on any atom is -0.545 e. The summed E-state index contributed by atoms with van der Waals surface area (Å²) < 4.78 is 0. The number of hydrogen-bond donors (Lipinski definition) is 1. The highest BCUT2D eigenvalue weighted by molar-refractivity contribution is 8.18. The third-order valence-corrected chi connectivity index (χ3v) is 4.60. The Balaban J connectivity index is 1.87. The zero-order chi connectivity index (χ0) is 18.0. The summed E-state index contributed by atoms with van der Waals surface area (Å²) in [6.07, 6.45) is 1.80. The molecule has 5 nitrogen and oxygen atoms in total. The lowest BCUT2D eigenvalue weighted by molar-refractivity contribution is -0.255. The molecule has 0 aliphatic carbocycles. The second-order valence-electron chi connectivity index (χ2n) is 5.68. The van der Waals surface area contributed by atoms with Crippen molar-refractivity contribution in [2.24, 2.45) is 4.99 Å². The molecule has 0 radical (unpaired) electrons. The summed E-state index contributed by atoms with van der Waals surface area (Å²) in [4.78, 5) is 28.0. The third kappa shape index (κ3) is 3.97. The molecule has 1 heterocycles. The molecule has 1 aliphatic heterocycles. The maximum absolute atomic E-state index is 12.1. The van der Waals surface area contributed by atoms with E-state index in [9.17, 15) is 14.7 Å². The van der Waals surface area contributed by atoms with Crippen molar-refractivity contribution in [1.29, 1.82) is 0 Å². The maximum atomic E-state index is 12.1. The molecule has 1 saturated heterocycles. The normalized spacial score (nSPS) is 17.1. The Labute approximate surface area is 149 Å². The summed E-state index contributed by atoms with van der Waals surface area (Å²) in [5, 5.41) is 14.1. The number of rotatable bonds is 3. The highest BCUT2D eigenvalue weighted by Gasteiger charge is 2.24. The Kier molecular flexibility index (Phi) is 4.72. The summed E-state index contributed by atoms with van der Waals surface area (Å²) in [5.74, 6) is -1.48. The van der Waals surface area contributed by atoms with Gasteiger partial charge in [-0.25, -0.2) is 4.99 Å². The molecular formula is C19H15N2O3S-. The van der Waals surface area contributed by atoms with Crippen molar-refractivity contribution in [3.63, 3.8) is 0 Å². The first-order chi connectivity index (χ1) is 11.9. The van der Waals surface area contributed by atoms with Crippen LogP contribution in [0.2, 0.25) is 0 Å². The predicted molar refractivity (Wildman–Crippen MR) is 97.5 cm³/mol. The number of carboxylic acids is 1. The first kappa shape index (κ1) is 17.0. The van der Waals surface area contributed by atoms with Gasteiger partial charge in [-0.05, 0) is 54.4 Å². The Morgan fingerprint density at radius 2 is 1.88 bits per heavy atom. The van der Waals surface area contributed by atoms with Crippen molar-refractivity contribution >= 4 is 40.6 Å². The van der Waals surface area contributed by atoms with Crippen LogP contribution in [0.15, 0.2) is 52.4 Å². The van der Waals surface area contributed by atoms with Gasteiger partial charge in [0, 0.05) is 0 Å². The van der Waals surface area contributed by atoms with Crippen molar-refractivity contribution in [3.8, 4) is 0 Å². The zero-order valence-corrected chi connectivity index (χ0v) is 14.5. The number of aliphatic imine (C=N–C) groups is 1. The summed E-state index contributed by atoms with van der Waals surface area (Å²) in [5.41, 5.74) is 3.43. The first-order valence-corrected chi connectivity index (χ1v) is 8.42. The van der Waals surface area contributed by atoms with Crippen LogP contribution in [0.5, 0.6) is 0 Å². The smallest absolute Gasteiger partial charge is 0.264 e. The van der Waals surface area contributed by atoms with Gasteiger partial charge in [0.2, 0.25) is 0 Å². The number of hydrogen-bond acceptors (Lipinski definition) is 5. The van der Waals surface area contributed by atoms with Gasteiger partial charge < -0.3 is 15.2 Å². The van der Waals surface area contributed by atoms with E-state index in [4.69, 9.17) is 0 Å². The van der Waals surface area contributed by atoms with Crippen LogP contribution >= 0.6 is 11.8 Å². The van der Waals surface area contributed by atoms with E-state index in [1.165, 1.54) is 23.9 Å². The third-order valence-electron chi connectivity index (χ3n) is 3.69. The lowest BCUT2D eigenvalue weighted by Crippen LogP contribution is -2.22. The molecule has 1 N–H and O–H groups in total. The molecule has 1 aliphatic rings. The van der Waals surface area contributed by atoms with Crippen molar-refractivity contribution in [2.45, 2.75) is 13.8 Å². The fraction of sp³-hybridized carbons (Fsp3) is 0.105. The lowest BCUT2D eigenvalue weighted by Gasteiger charge is -2.06. The number of thioether (sulfide) groups is 1. The Morgan fingerprint density at radius 3 is 2.56 bits per heavy atom. The van der Waals surface area contributed by atoms with Crippen LogP contribution in [-0.2, 0) is 4.79 Å². The van der Waals surface area contributed by atoms with Gasteiger partial charge in [-0.1, -0.05) is 42.0 Å². The molecular weight excluding hydrogens is 336 g/mol. The number of amides is 1. The number of carbonyl (C=O) groups excluding carboxylic acids is 2. The van der Waals surface area contributed by atoms with Crippen LogP contribution < -0.4 is 10.4 Å². The molecule has 1 amide bonds. The van der Waals surface area contributed by atoms with Gasteiger partial charge in [-0.15, -0.1) is 0 Å². The van der Waals surface area contributed by atoms with E-state index in [-0.39, 0.29) is 11.5 Å². The Hall–Kier alpha value is -2.86. The standard InChI is InChI=1S/C19H16N2O3S/c1-11-3-6-13(7-4-11)9-16-17(22)21-19(25-16)20-15-10-14(18(23)24)8-5-12(15)2/h3-10H,1-2H3,(H,23,24)(H,20,21,22)/p-1/b16-9-. The second kappa shape index (κ2) is 6.94. The highest BCUT2D eigenvalue weighted by Crippen LogP contribution is 2.29. The van der Waals surface area contributed by atoms with Gasteiger partial charge in [-0.2, -0.15) is 0 Å². The number of nitrogens with zero attached hydrogens (tertiary/aromatic N) is 1. The van der Waals surface area contributed by atoms with Crippen LogP contribution in [0.4, 0.5) is 5.69 Å². The average molecular weight is 351 g/mol. The van der Waals surface area contributed by atoms with Crippen molar-refractivity contribution in [2.75, 3.05) is 0 Å². The van der Waals surface area contributed by atoms with E-state index in [0.29, 0.717) is 15.8 Å². The summed E-state index contributed by atoms with van der Waals surface area (Å²) >= 11 is 1.22. The number of carbonyl (C=O) groups is 2. The molecule has 0 spiro atoms. The quantitative estimate of drug-likeness (QED) is 0.862. The number of aromatic carboxylic acids is 1. The molecule has 126 valence electrons. The number of amidine groups is 1. The highest BCUT2D eigenvalue weighted by atomic mass is 32.2. The van der Waals surface area contributed by atoms with Gasteiger partial charge in [0.05, 0.1) is 16.6 Å². The minimum atomic E-state index is -1.26. The molecule has 3 rings (SSSR count). The molecule has 0 aromatic heterocycles. The number of nitrogens with one attached hydrogen (secondary N) is 1. The van der Waals surface area contributed by atoms with E-state index >= 15 is 0 Å². The number of benzene rings is 2. The summed E-state index contributed by atoms with van der Waals surface area (Å²) in [7, 11) is 0. The zero-order valence-electron chi connectivity index (χ0n) is 13.7. The SMILES string of the molecule is Cc1ccc(/C=C2\SC(=Nc3cc(C(=O)[O-])ccc3C)NC2=O)cc1. The van der Waals surface area contributed by atoms with Crippen LogP contribution in [0.25, 0.3) is 6.08 Å². The fourth-order valence-electron chi connectivity index (χ4n) is 2.26. The number of aryl methyl sites for hydroxylation is 2. The topological polar surface area (TPSA) is 81.6 Å². The Bertz CT molecular complexity index is 915. The maximum Gasteiger partial charge on any atom is 0.264 e. The molecule has 2 aromatic rings. The summed E-state index contributed by atoms with van der Waals surface area (Å²) in [6, 6.07) is 12.4. The van der Waals surface area contributed by atoms with E-state index in [0.717, 1.165) is 16.7 Å². The van der Waals surface area contributed by atoms with Gasteiger partial charge in [0.25, 0.3) is 5.91 Å². The minimum absolute atomic E-state index is 0.0506. The molecule has 0 bridgehead atoms. The van der Waals surface area contributed by atoms with Gasteiger partial charge in [0.15, 0.2) is 5.17 Å². The second-order valence-corrected chi connectivity index (χ2v) is 6.71. The molecule has 0 atom stereocenters. The van der Waals surface area contributed by atoms with Crippen LogP contribution in [0, 0.1) is 13.8 Å². The molecule has 0 saturated carbocycles. The van der Waals surface area contributed by atoms with Crippen molar-refractivity contribution in [1.82, 2.24) is 5.32 Å². The monoisotopic (exact) mass is 351 g/mol. The van der Waals surface area contributed by atoms with Gasteiger partial charge >= 0.3 is 0 Å². The van der Waals surface area contributed by atoms with Gasteiger partial charge in [0.1, 0.15) is 0 Å². The number of carboxylic acid groups (broad SMARTS) is 1. The molecule has 0 unspecified atom stereocenters. The first-order valence-electron chi connectivity index (χ1n) is 7.60. The largest absolute Gasteiger partial charge is 0.545 e. The fourth-order valence-corrected chi connectivity index (χ4v) is 3.10. The predicted octanol–water partition coefficient (Wildman–Crippen LogP) is 2.56. The average Bonchev–Trinajstić information content (AvgIpc) is 2.91. The van der Waals surface area contributed by atoms with E-state index < -0.39 is 5.97 Å². The summed E-state index contributed by atoms with van der Waals surface area (Å²) in [6.45, 7) is 3.82. The van der Waals surface area contributed by atoms with Crippen LogP contribution in [0.3, 0.4) is 0 Å². The lowest BCUT2D eigenvalue weighted by atomic mass is 10.1. The van der Waals surface area contributed by atoms with Crippen LogP contribution in [0.1, 0.15) is 27.0 Å². The molecule has 6 heteroatoms. The van der Waals surface area contributed by atoms with Crippen LogP contribution in [-0.4, -0.2) is 17.0 Å². The van der Waals surface area contributed by atoms with E-state index in [2.05, 4.69) is 10.3 Å². The van der Waals surface area contributed by atoms with E-state index in [1.807, 2.05) is 38.1 Å². The van der Waals surface area contributed by atoms with Gasteiger partial charge in [-0.3, -0.25) is 4.79 Å². The van der Waals surface area contributed by atoms with E-state index in [1.54, 1.807) is 12.1 Å².